The molecule has 0 spiro atoms. The van der Waals surface area contributed by atoms with Crippen LogP contribution in [0.3, 0.4) is 0 Å². The first-order valence-corrected chi connectivity index (χ1v) is 15.3. The second kappa shape index (κ2) is 23.2. The highest BCUT2D eigenvalue weighted by molar-refractivity contribution is 5.76. The number of nitrogens with one attached hydrogen (secondary N) is 1. The Hall–Kier alpha value is -0.570. The Morgan fingerprint density at radius 1 is 0.636 bits per heavy atom. The second-order valence-corrected chi connectivity index (χ2v) is 10.8. The largest absolute Gasteiger partial charge is 0.352 e. The fraction of sp³-hybridized carbons (Fsp3) is 0.967. The van der Waals surface area contributed by atoms with E-state index in [1.54, 1.807) is 0 Å². The quantitative estimate of drug-likeness (QED) is 0.145. The minimum atomic E-state index is 0.299. The molecular weight excluding hydrogens is 404 g/mol. The van der Waals surface area contributed by atoms with E-state index in [4.69, 9.17) is 0 Å². The van der Waals surface area contributed by atoms with Crippen molar-refractivity contribution >= 4 is 5.91 Å². The van der Waals surface area contributed by atoms with Crippen molar-refractivity contribution in [3.63, 3.8) is 0 Å². The van der Waals surface area contributed by atoms with Gasteiger partial charge in [-0.05, 0) is 38.8 Å². The van der Waals surface area contributed by atoms with Crippen LogP contribution in [0.25, 0.3) is 0 Å². The molecule has 1 fully saturated rings. The van der Waals surface area contributed by atoms with Gasteiger partial charge in [0.1, 0.15) is 0 Å². The molecule has 1 amide bonds. The lowest BCUT2D eigenvalue weighted by Crippen LogP contribution is -2.43. The summed E-state index contributed by atoms with van der Waals surface area (Å²) in [7, 11) is 0. The van der Waals surface area contributed by atoms with Gasteiger partial charge >= 0.3 is 0 Å². The molecule has 1 aliphatic heterocycles. The first-order chi connectivity index (χ1) is 16.3. The summed E-state index contributed by atoms with van der Waals surface area (Å²) in [6, 6.07) is 0.365. The Kier molecular flexibility index (Phi) is 21.4. The fourth-order valence-electron chi connectivity index (χ4n) is 5.26. The molecular formula is C30H60N2O. The van der Waals surface area contributed by atoms with Crippen LogP contribution in [0.2, 0.25) is 0 Å². The van der Waals surface area contributed by atoms with Gasteiger partial charge in [-0.2, -0.15) is 0 Å². The maximum Gasteiger partial charge on any atom is 0.220 e. The van der Waals surface area contributed by atoms with Crippen LogP contribution in [0.1, 0.15) is 162 Å². The predicted molar refractivity (Wildman–Crippen MR) is 146 cm³/mol. The van der Waals surface area contributed by atoms with Crippen molar-refractivity contribution in [3.05, 3.63) is 0 Å². The standard InChI is InChI=1S/C30H60N2O/c1-3-5-7-9-11-12-13-14-15-16-17-19-21-25-30(33)31-29(28-32-26-22-23-27-32)24-20-18-10-8-6-4-2/h29H,3-28H2,1-2H3,(H,31,33). The summed E-state index contributed by atoms with van der Waals surface area (Å²) in [5.41, 5.74) is 0. The first-order valence-electron chi connectivity index (χ1n) is 15.3. The zero-order chi connectivity index (χ0) is 23.8. The third-order valence-electron chi connectivity index (χ3n) is 7.46. The summed E-state index contributed by atoms with van der Waals surface area (Å²) in [6.07, 6.45) is 30.2. The van der Waals surface area contributed by atoms with Gasteiger partial charge in [-0.3, -0.25) is 4.79 Å². The molecule has 33 heavy (non-hydrogen) atoms. The third kappa shape index (κ3) is 19.4. The molecule has 196 valence electrons. The molecule has 0 aromatic heterocycles. The molecule has 1 unspecified atom stereocenters. The van der Waals surface area contributed by atoms with E-state index >= 15 is 0 Å². The molecule has 1 saturated heterocycles. The summed E-state index contributed by atoms with van der Waals surface area (Å²) in [4.78, 5) is 15.1. The zero-order valence-corrected chi connectivity index (χ0v) is 22.8. The van der Waals surface area contributed by atoms with Gasteiger partial charge < -0.3 is 10.2 Å². The highest BCUT2D eigenvalue weighted by Crippen LogP contribution is 2.15. The van der Waals surface area contributed by atoms with E-state index in [-0.39, 0.29) is 0 Å². The van der Waals surface area contributed by atoms with E-state index in [0.717, 1.165) is 25.8 Å². The predicted octanol–water partition coefficient (Wildman–Crippen LogP) is 8.80. The summed E-state index contributed by atoms with van der Waals surface area (Å²) in [6.45, 7) is 8.08. The number of hydrogen-bond donors (Lipinski definition) is 1. The van der Waals surface area contributed by atoms with Crippen molar-refractivity contribution in [1.29, 1.82) is 0 Å². The van der Waals surface area contributed by atoms with Crippen molar-refractivity contribution in [2.24, 2.45) is 0 Å². The van der Waals surface area contributed by atoms with E-state index in [0.29, 0.717) is 11.9 Å². The van der Waals surface area contributed by atoms with Crippen LogP contribution < -0.4 is 5.32 Å². The van der Waals surface area contributed by atoms with Crippen LogP contribution in [0, 0.1) is 0 Å². The number of likely N-dealkylation sites (tertiary alicyclic amines) is 1. The minimum absolute atomic E-state index is 0.299. The van der Waals surface area contributed by atoms with Crippen molar-refractivity contribution in [1.82, 2.24) is 10.2 Å². The molecule has 0 bridgehead atoms. The number of carbonyl (C=O) groups excluding carboxylic acids is 1. The van der Waals surface area contributed by atoms with Gasteiger partial charge in [0.2, 0.25) is 5.91 Å². The number of amides is 1. The van der Waals surface area contributed by atoms with Gasteiger partial charge in [0.05, 0.1) is 0 Å². The number of hydrogen-bond acceptors (Lipinski definition) is 2. The fourth-order valence-corrected chi connectivity index (χ4v) is 5.26. The number of carbonyl (C=O) groups is 1. The van der Waals surface area contributed by atoms with Crippen LogP contribution in [-0.4, -0.2) is 36.5 Å². The molecule has 1 N–H and O–H groups in total. The summed E-state index contributed by atoms with van der Waals surface area (Å²) < 4.78 is 0. The SMILES string of the molecule is CCCCCCCCCCCCCCCC(=O)NC(CCCCCCCC)CN1CCCC1. The highest BCUT2D eigenvalue weighted by Gasteiger charge is 2.18. The monoisotopic (exact) mass is 464 g/mol. The Balaban J connectivity index is 2.03. The molecule has 1 aliphatic rings. The van der Waals surface area contributed by atoms with Gasteiger partial charge in [0.25, 0.3) is 0 Å². The van der Waals surface area contributed by atoms with E-state index in [1.807, 2.05) is 0 Å². The molecule has 3 nitrogen and oxygen atoms in total. The lowest BCUT2D eigenvalue weighted by Gasteiger charge is -2.24. The van der Waals surface area contributed by atoms with Gasteiger partial charge in [0, 0.05) is 19.0 Å². The summed E-state index contributed by atoms with van der Waals surface area (Å²) in [5.74, 6) is 0.299. The molecule has 1 rings (SSSR count). The maximum atomic E-state index is 12.6. The lowest BCUT2D eigenvalue weighted by atomic mass is 10.0. The van der Waals surface area contributed by atoms with Crippen molar-refractivity contribution in [3.8, 4) is 0 Å². The van der Waals surface area contributed by atoms with Crippen molar-refractivity contribution < 1.29 is 4.79 Å². The van der Waals surface area contributed by atoms with Gasteiger partial charge in [0.15, 0.2) is 0 Å². The van der Waals surface area contributed by atoms with Crippen LogP contribution in [-0.2, 0) is 4.79 Å². The Labute approximate surface area is 208 Å². The average molecular weight is 465 g/mol. The Morgan fingerprint density at radius 2 is 1.06 bits per heavy atom. The minimum Gasteiger partial charge on any atom is -0.352 e. The van der Waals surface area contributed by atoms with E-state index in [2.05, 4.69) is 24.1 Å². The lowest BCUT2D eigenvalue weighted by molar-refractivity contribution is -0.122. The van der Waals surface area contributed by atoms with Crippen molar-refractivity contribution in [2.45, 2.75) is 168 Å². The summed E-state index contributed by atoms with van der Waals surface area (Å²) in [5, 5.41) is 3.41. The average Bonchev–Trinajstić information content (AvgIpc) is 3.32. The maximum absolute atomic E-state index is 12.6. The van der Waals surface area contributed by atoms with Gasteiger partial charge in [-0.15, -0.1) is 0 Å². The highest BCUT2D eigenvalue weighted by atomic mass is 16.1. The van der Waals surface area contributed by atoms with E-state index in [9.17, 15) is 4.79 Å². The zero-order valence-electron chi connectivity index (χ0n) is 22.8. The summed E-state index contributed by atoms with van der Waals surface area (Å²) >= 11 is 0. The first kappa shape index (κ1) is 30.5. The number of nitrogens with zero attached hydrogens (tertiary/aromatic N) is 1. The molecule has 0 aliphatic carbocycles. The normalized spacial score (nSPS) is 15.2. The van der Waals surface area contributed by atoms with E-state index < -0.39 is 0 Å². The Bertz CT molecular complexity index is 420. The molecule has 0 aromatic rings. The van der Waals surface area contributed by atoms with Gasteiger partial charge in [-0.25, -0.2) is 0 Å². The molecule has 0 radical (unpaired) electrons. The van der Waals surface area contributed by atoms with E-state index in [1.165, 1.54) is 142 Å². The van der Waals surface area contributed by atoms with Crippen molar-refractivity contribution in [2.75, 3.05) is 19.6 Å². The van der Waals surface area contributed by atoms with Crippen LogP contribution in [0.5, 0.6) is 0 Å². The molecule has 3 heteroatoms. The number of unbranched alkanes of at least 4 members (excludes halogenated alkanes) is 17. The second-order valence-electron chi connectivity index (χ2n) is 10.8. The number of rotatable bonds is 24. The van der Waals surface area contributed by atoms with Crippen LogP contribution in [0.15, 0.2) is 0 Å². The van der Waals surface area contributed by atoms with Crippen LogP contribution >= 0.6 is 0 Å². The molecule has 1 heterocycles. The molecule has 0 saturated carbocycles. The molecule has 1 atom stereocenters. The Morgan fingerprint density at radius 3 is 1.55 bits per heavy atom. The van der Waals surface area contributed by atoms with Crippen LogP contribution in [0.4, 0.5) is 0 Å². The smallest absolute Gasteiger partial charge is 0.220 e. The van der Waals surface area contributed by atoms with Gasteiger partial charge in [-0.1, -0.05) is 129 Å². The topological polar surface area (TPSA) is 32.3 Å². The molecule has 0 aromatic carbocycles. The third-order valence-corrected chi connectivity index (χ3v) is 7.46.